The standard InChI is InChI=1S/C34H37F3N4O5/c1-45-29-10-5-24(6-11-29)32(43)25-12-18-41(19-13-25)31(42)20-28-7-4-26(21-38-28)33(44)39-27-14-16-40(17-15-27)22-23-2-8-30(9-3-23)46-34(35,36)37/h2-11,21,25,27H,12-20,22H2,1H3,(H,39,44). The van der Waals surface area contributed by atoms with Gasteiger partial charge in [0.15, 0.2) is 5.78 Å². The van der Waals surface area contributed by atoms with Gasteiger partial charge in [-0.3, -0.25) is 24.3 Å². The lowest BCUT2D eigenvalue weighted by Gasteiger charge is -2.32. The van der Waals surface area contributed by atoms with E-state index in [0.717, 1.165) is 31.5 Å². The number of alkyl halides is 3. The topological polar surface area (TPSA) is 101 Å². The first kappa shape index (κ1) is 32.9. The number of halogens is 3. The number of carbonyl (C=O) groups is 3. The van der Waals surface area contributed by atoms with Crippen LogP contribution in [-0.2, 0) is 17.8 Å². The predicted molar refractivity (Wildman–Crippen MR) is 163 cm³/mol. The number of piperidine rings is 2. The van der Waals surface area contributed by atoms with Crippen LogP contribution in [-0.4, -0.2) is 78.1 Å². The first-order valence-corrected chi connectivity index (χ1v) is 15.3. The third-order valence-corrected chi connectivity index (χ3v) is 8.50. The van der Waals surface area contributed by atoms with Crippen LogP contribution in [0.2, 0.25) is 0 Å². The summed E-state index contributed by atoms with van der Waals surface area (Å²) in [7, 11) is 1.58. The molecule has 5 rings (SSSR count). The molecule has 2 aliphatic rings. The van der Waals surface area contributed by atoms with E-state index in [9.17, 15) is 27.6 Å². The Morgan fingerprint density at radius 3 is 2.07 bits per heavy atom. The molecule has 1 N–H and O–H groups in total. The summed E-state index contributed by atoms with van der Waals surface area (Å²) in [6.45, 7) is 3.08. The third kappa shape index (κ3) is 9.06. The van der Waals surface area contributed by atoms with Crippen molar-refractivity contribution in [3.05, 3.63) is 89.2 Å². The molecule has 244 valence electrons. The van der Waals surface area contributed by atoms with Crippen LogP contribution in [0.4, 0.5) is 13.2 Å². The summed E-state index contributed by atoms with van der Waals surface area (Å²) in [5.41, 5.74) is 2.52. The molecule has 0 aliphatic carbocycles. The summed E-state index contributed by atoms with van der Waals surface area (Å²) in [6, 6.07) is 16.3. The fourth-order valence-corrected chi connectivity index (χ4v) is 5.87. The van der Waals surface area contributed by atoms with Crippen LogP contribution in [0.5, 0.6) is 11.5 Å². The van der Waals surface area contributed by atoms with Crippen molar-refractivity contribution in [3.8, 4) is 11.5 Å². The van der Waals surface area contributed by atoms with Crippen molar-refractivity contribution in [1.29, 1.82) is 0 Å². The lowest BCUT2D eigenvalue weighted by atomic mass is 9.88. The molecule has 12 heteroatoms. The maximum Gasteiger partial charge on any atom is 0.573 e. The van der Waals surface area contributed by atoms with Gasteiger partial charge in [-0.15, -0.1) is 13.2 Å². The van der Waals surface area contributed by atoms with Gasteiger partial charge in [0.1, 0.15) is 11.5 Å². The molecular formula is C34H37F3N4O5. The number of aromatic nitrogens is 1. The summed E-state index contributed by atoms with van der Waals surface area (Å²) in [5.74, 6) is 0.127. The number of nitrogens with zero attached hydrogens (tertiary/aromatic N) is 3. The minimum atomic E-state index is -4.72. The average Bonchev–Trinajstić information content (AvgIpc) is 3.06. The molecule has 0 bridgehead atoms. The minimum Gasteiger partial charge on any atom is -0.497 e. The largest absolute Gasteiger partial charge is 0.573 e. The van der Waals surface area contributed by atoms with Crippen molar-refractivity contribution in [2.75, 3.05) is 33.3 Å². The number of nitrogens with one attached hydrogen (secondary N) is 1. The van der Waals surface area contributed by atoms with E-state index in [1.165, 1.54) is 18.3 Å². The van der Waals surface area contributed by atoms with E-state index in [4.69, 9.17) is 4.74 Å². The highest BCUT2D eigenvalue weighted by molar-refractivity contribution is 5.98. The second-order valence-corrected chi connectivity index (χ2v) is 11.7. The van der Waals surface area contributed by atoms with Crippen molar-refractivity contribution in [2.45, 2.75) is 51.1 Å². The van der Waals surface area contributed by atoms with Gasteiger partial charge in [0, 0.05) is 62.1 Å². The van der Waals surface area contributed by atoms with E-state index in [1.54, 1.807) is 60.5 Å². The number of hydrogen-bond donors (Lipinski definition) is 1. The van der Waals surface area contributed by atoms with Crippen molar-refractivity contribution in [2.24, 2.45) is 5.92 Å². The van der Waals surface area contributed by atoms with Crippen LogP contribution < -0.4 is 14.8 Å². The molecule has 0 spiro atoms. The highest BCUT2D eigenvalue weighted by Gasteiger charge is 2.31. The molecule has 0 radical (unpaired) electrons. The van der Waals surface area contributed by atoms with Gasteiger partial charge >= 0.3 is 6.36 Å². The van der Waals surface area contributed by atoms with Gasteiger partial charge in [0.25, 0.3) is 5.91 Å². The fraction of sp³-hybridized carbons (Fsp3) is 0.412. The molecule has 3 heterocycles. The number of Topliss-reactive ketones (excluding diaryl/α,β-unsaturated/α-hetero) is 1. The number of ketones is 1. The zero-order valence-corrected chi connectivity index (χ0v) is 25.6. The molecule has 2 saturated heterocycles. The molecular weight excluding hydrogens is 601 g/mol. The molecule has 3 aromatic rings. The van der Waals surface area contributed by atoms with Gasteiger partial charge in [0.05, 0.1) is 19.1 Å². The number of carbonyl (C=O) groups excluding carboxylic acids is 3. The number of benzene rings is 2. The van der Waals surface area contributed by atoms with E-state index in [1.807, 2.05) is 0 Å². The second-order valence-electron chi connectivity index (χ2n) is 11.7. The Morgan fingerprint density at radius 1 is 0.848 bits per heavy atom. The maximum absolute atomic E-state index is 12.9. The Bertz CT molecular complexity index is 1480. The molecule has 1 aromatic heterocycles. The molecule has 0 atom stereocenters. The van der Waals surface area contributed by atoms with Crippen molar-refractivity contribution < 1.29 is 37.0 Å². The number of rotatable bonds is 10. The predicted octanol–water partition coefficient (Wildman–Crippen LogP) is 5.05. The lowest BCUT2D eigenvalue weighted by molar-refractivity contribution is -0.274. The van der Waals surface area contributed by atoms with Gasteiger partial charge in [-0.25, -0.2) is 0 Å². The quantitative estimate of drug-likeness (QED) is 0.311. The number of hydrogen-bond acceptors (Lipinski definition) is 7. The normalized spacial score (nSPS) is 16.6. The zero-order valence-electron chi connectivity index (χ0n) is 25.6. The summed E-state index contributed by atoms with van der Waals surface area (Å²) in [5, 5.41) is 3.05. The number of pyridine rings is 1. The van der Waals surface area contributed by atoms with Gasteiger partial charge in [-0.1, -0.05) is 12.1 Å². The van der Waals surface area contributed by atoms with Crippen molar-refractivity contribution in [1.82, 2.24) is 20.1 Å². The summed E-state index contributed by atoms with van der Waals surface area (Å²) in [6.07, 6.45) is -0.416. The second kappa shape index (κ2) is 14.8. The van der Waals surface area contributed by atoms with E-state index < -0.39 is 6.36 Å². The van der Waals surface area contributed by atoms with Crippen molar-refractivity contribution in [3.63, 3.8) is 0 Å². The first-order valence-electron chi connectivity index (χ1n) is 15.3. The van der Waals surface area contributed by atoms with E-state index in [2.05, 4.69) is 19.9 Å². The van der Waals surface area contributed by atoms with Gasteiger partial charge < -0.3 is 19.7 Å². The number of ether oxygens (including phenoxy) is 2. The third-order valence-electron chi connectivity index (χ3n) is 8.50. The molecule has 2 aromatic carbocycles. The zero-order chi connectivity index (χ0) is 32.7. The minimum absolute atomic E-state index is 0.00732. The lowest BCUT2D eigenvalue weighted by Crippen LogP contribution is -2.44. The summed E-state index contributed by atoms with van der Waals surface area (Å²) in [4.78, 5) is 47.0. The Balaban J connectivity index is 1.02. The van der Waals surface area contributed by atoms with Gasteiger partial charge in [0.2, 0.25) is 5.91 Å². The van der Waals surface area contributed by atoms with Crippen LogP contribution in [0.3, 0.4) is 0 Å². The molecule has 46 heavy (non-hydrogen) atoms. The molecule has 2 fully saturated rings. The monoisotopic (exact) mass is 638 g/mol. The highest BCUT2D eigenvalue weighted by Crippen LogP contribution is 2.25. The Morgan fingerprint density at radius 2 is 1.48 bits per heavy atom. The van der Waals surface area contributed by atoms with Crippen LogP contribution in [0.25, 0.3) is 0 Å². The van der Waals surface area contributed by atoms with Crippen molar-refractivity contribution >= 4 is 17.6 Å². The number of amides is 2. The molecule has 2 aliphatic heterocycles. The SMILES string of the molecule is COc1ccc(C(=O)C2CCN(C(=O)Cc3ccc(C(=O)NC4CCN(Cc5ccc(OC(F)(F)F)cc5)CC4)cn3)CC2)cc1. The smallest absolute Gasteiger partial charge is 0.497 e. The number of likely N-dealkylation sites (tertiary alicyclic amines) is 2. The highest BCUT2D eigenvalue weighted by atomic mass is 19.4. The Kier molecular flexibility index (Phi) is 10.6. The van der Waals surface area contributed by atoms with E-state index >= 15 is 0 Å². The van der Waals surface area contributed by atoms with E-state index in [-0.39, 0.29) is 41.7 Å². The number of methoxy groups -OCH3 is 1. The van der Waals surface area contributed by atoms with Crippen LogP contribution >= 0.6 is 0 Å². The molecule has 0 saturated carbocycles. The van der Waals surface area contributed by atoms with Gasteiger partial charge in [-0.2, -0.15) is 0 Å². The Labute approximate surface area is 265 Å². The van der Waals surface area contributed by atoms with Gasteiger partial charge in [-0.05, 0) is 79.8 Å². The first-order chi connectivity index (χ1) is 22.1. The Hall–Kier alpha value is -4.45. The van der Waals surface area contributed by atoms with Crippen LogP contribution in [0, 0.1) is 5.92 Å². The maximum atomic E-state index is 12.9. The fourth-order valence-electron chi connectivity index (χ4n) is 5.87. The van der Waals surface area contributed by atoms with Crippen LogP contribution in [0.1, 0.15) is 57.7 Å². The summed E-state index contributed by atoms with van der Waals surface area (Å²) < 4.78 is 46.2. The molecule has 2 amide bonds. The van der Waals surface area contributed by atoms with Crippen LogP contribution in [0.15, 0.2) is 66.9 Å². The van der Waals surface area contributed by atoms with E-state index in [0.29, 0.717) is 55.0 Å². The molecule has 0 unspecified atom stereocenters. The summed E-state index contributed by atoms with van der Waals surface area (Å²) >= 11 is 0. The average molecular weight is 639 g/mol. The molecule has 9 nitrogen and oxygen atoms in total.